The standard InChI is InChI=1S/C15H16F3N3O3/c1-10-13(19-12(22)8-24-9-15(16,17)18)14(23)21(20(10)2)11-6-4-3-5-7-11/h3-7H,8-9H2,1-2H3,(H,19,22). The third kappa shape index (κ3) is 4.05. The Bertz CT molecular complexity index is 779. The van der Waals surface area contributed by atoms with Gasteiger partial charge in [0.05, 0.1) is 11.4 Å². The molecule has 0 bridgehead atoms. The van der Waals surface area contributed by atoms with Gasteiger partial charge in [0, 0.05) is 7.05 Å². The number of hydrogen-bond acceptors (Lipinski definition) is 3. The van der Waals surface area contributed by atoms with E-state index in [0.29, 0.717) is 11.4 Å². The predicted octanol–water partition coefficient (Wildman–Crippen LogP) is 2.00. The van der Waals surface area contributed by atoms with Gasteiger partial charge in [-0.2, -0.15) is 13.2 Å². The summed E-state index contributed by atoms with van der Waals surface area (Å²) < 4.78 is 43.2. The number of carbonyl (C=O) groups excluding carboxylic acids is 1. The number of hydrogen-bond donors (Lipinski definition) is 1. The van der Waals surface area contributed by atoms with Gasteiger partial charge in [0.2, 0.25) is 0 Å². The maximum absolute atomic E-state index is 12.5. The molecule has 1 aromatic carbocycles. The summed E-state index contributed by atoms with van der Waals surface area (Å²) in [7, 11) is 1.64. The van der Waals surface area contributed by atoms with E-state index in [-0.39, 0.29) is 5.69 Å². The van der Waals surface area contributed by atoms with Crippen molar-refractivity contribution in [1.29, 1.82) is 0 Å². The van der Waals surface area contributed by atoms with Crippen LogP contribution in [-0.2, 0) is 16.6 Å². The van der Waals surface area contributed by atoms with Crippen LogP contribution < -0.4 is 10.9 Å². The number of carbonyl (C=O) groups is 1. The number of anilines is 1. The van der Waals surface area contributed by atoms with Crippen LogP contribution in [0.2, 0.25) is 0 Å². The van der Waals surface area contributed by atoms with Crippen LogP contribution >= 0.6 is 0 Å². The molecule has 0 radical (unpaired) electrons. The summed E-state index contributed by atoms with van der Waals surface area (Å²) in [6.45, 7) is -0.700. The monoisotopic (exact) mass is 343 g/mol. The van der Waals surface area contributed by atoms with E-state index in [1.807, 2.05) is 0 Å². The van der Waals surface area contributed by atoms with Crippen LogP contribution in [0.4, 0.5) is 18.9 Å². The Morgan fingerprint density at radius 2 is 1.88 bits per heavy atom. The Balaban J connectivity index is 2.18. The van der Waals surface area contributed by atoms with E-state index < -0.39 is 30.9 Å². The Morgan fingerprint density at radius 3 is 2.46 bits per heavy atom. The Morgan fingerprint density at radius 1 is 1.25 bits per heavy atom. The van der Waals surface area contributed by atoms with Crippen molar-refractivity contribution in [2.45, 2.75) is 13.1 Å². The van der Waals surface area contributed by atoms with Gasteiger partial charge in [0.1, 0.15) is 18.9 Å². The average Bonchev–Trinajstić information content (AvgIpc) is 2.71. The van der Waals surface area contributed by atoms with Gasteiger partial charge in [0.15, 0.2) is 0 Å². The first-order chi connectivity index (χ1) is 11.2. The number of amides is 1. The molecule has 0 fully saturated rings. The fourth-order valence-electron chi connectivity index (χ4n) is 2.15. The Labute approximate surface area is 135 Å². The summed E-state index contributed by atoms with van der Waals surface area (Å²) in [5.41, 5.74) is 0.585. The van der Waals surface area contributed by atoms with E-state index in [1.165, 1.54) is 4.68 Å². The molecule has 1 heterocycles. The second-order valence-corrected chi connectivity index (χ2v) is 5.09. The van der Waals surface area contributed by atoms with Crippen LogP contribution in [0.25, 0.3) is 5.69 Å². The maximum atomic E-state index is 12.5. The number of nitrogens with one attached hydrogen (secondary N) is 1. The Kier molecular flexibility index (Phi) is 5.13. The largest absolute Gasteiger partial charge is 0.411 e. The molecule has 130 valence electrons. The van der Waals surface area contributed by atoms with E-state index in [4.69, 9.17) is 0 Å². The number of rotatable bonds is 5. The van der Waals surface area contributed by atoms with Crippen molar-refractivity contribution in [3.05, 3.63) is 46.4 Å². The summed E-state index contributed by atoms with van der Waals surface area (Å²) in [6, 6.07) is 8.75. The molecule has 0 saturated heterocycles. The third-order valence-electron chi connectivity index (χ3n) is 3.32. The van der Waals surface area contributed by atoms with E-state index in [2.05, 4.69) is 10.1 Å². The topological polar surface area (TPSA) is 65.3 Å². The molecular weight excluding hydrogens is 327 g/mol. The molecule has 0 unspecified atom stereocenters. The van der Waals surface area contributed by atoms with Crippen LogP contribution in [0.15, 0.2) is 35.1 Å². The lowest BCUT2D eigenvalue weighted by molar-refractivity contribution is -0.174. The molecule has 0 aliphatic heterocycles. The van der Waals surface area contributed by atoms with Gasteiger partial charge >= 0.3 is 6.18 Å². The highest BCUT2D eigenvalue weighted by atomic mass is 19.4. The molecule has 0 saturated carbocycles. The van der Waals surface area contributed by atoms with Gasteiger partial charge in [-0.05, 0) is 19.1 Å². The second kappa shape index (κ2) is 6.91. The molecule has 1 amide bonds. The van der Waals surface area contributed by atoms with Gasteiger partial charge in [0.25, 0.3) is 11.5 Å². The normalized spacial score (nSPS) is 11.5. The van der Waals surface area contributed by atoms with Crippen LogP contribution in [0.3, 0.4) is 0 Å². The average molecular weight is 343 g/mol. The van der Waals surface area contributed by atoms with Crippen molar-refractivity contribution in [3.63, 3.8) is 0 Å². The molecule has 9 heteroatoms. The predicted molar refractivity (Wildman–Crippen MR) is 81.3 cm³/mol. The summed E-state index contributed by atoms with van der Waals surface area (Å²) in [5.74, 6) is -0.828. The fraction of sp³-hybridized carbons (Fsp3) is 0.333. The van der Waals surface area contributed by atoms with Crippen molar-refractivity contribution in [3.8, 4) is 5.69 Å². The van der Waals surface area contributed by atoms with Gasteiger partial charge < -0.3 is 10.1 Å². The number of benzene rings is 1. The van der Waals surface area contributed by atoms with E-state index in [0.717, 1.165) is 0 Å². The number of halogens is 3. The Hall–Kier alpha value is -2.55. The summed E-state index contributed by atoms with van der Waals surface area (Å²) in [4.78, 5) is 24.2. The third-order valence-corrected chi connectivity index (χ3v) is 3.32. The zero-order valence-electron chi connectivity index (χ0n) is 13.1. The highest BCUT2D eigenvalue weighted by molar-refractivity contribution is 5.92. The lowest BCUT2D eigenvalue weighted by atomic mass is 10.3. The zero-order valence-corrected chi connectivity index (χ0v) is 13.1. The first-order valence-corrected chi connectivity index (χ1v) is 6.99. The van der Waals surface area contributed by atoms with Gasteiger partial charge in [-0.15, -0.1) is 0 Å². The molecule has 0 atom stereocenters. The highest BCUT2D eigenvalue weighted by Crippen LogP contribution is 2.15. The van der Waals surface area contributed by atoms with Crippen molar-refractivity contribution in [1.82, 2.24) is 9.36 Å². The molecule has 0 aliphatic rings. The number of aromatic nitrogens is 2. The maximum Gasteiger partial charge on any atom is 0.411 e. The van der Waals surface area contributed by atoms with E-state index in [1.54, 1.807) is 49.0 Å². The quantitative estimate of drug-likeness (QED) is 0.903. The van der Waals surface area contributed by atoms with Crippen molar-refractivity contribution < 1.29 is 22.7 Å². The van der Waals surface area contributed by atoms with Crippen LogP contribution in [0.5, 0.6) is 0 Å². The van der Waals surface area contributed by atoms with E-state index >= 15 is 0 Å². The molecule has 0 aliphatic carbocycles. The summed E-state index contributed by atoms with van der Waals surface area (Å²) >= 11 is 0. The summed E-state index contributed by atoms with van der Waals surface area (Å²) in [5, 5.41) is 2.31. The minimum absolute atomic E-state index is 0.00182. The first-order valence-electron chi connectivity index (χ1n) is 6.99. The number of alkyl halides is 3. The second-order valence-electron chi connectivity index (χ2n) is 5.09. The van der Waals surface area contributed by atoms with Gasteiger partial charge in [-0.3, -0.25) is 14.3 Å². The van der Waals surface area contributed by atoms with Crippen molar-refractivity contribution in [2.75, 3.05) is 18.5 Å². The van der Waals surface area contributed by atoms with Crippen LogP contribution in [-0.4, -0.2) is 34.7 Å². The molecular formula is C15H16F3N3O3. The van der Waals surface area contributed by atoms with Crippen LogP contribution in [0.1, 0.15) is 5.69 Å². The molecule has 2 aromatic rings. The first kappa shape index (κ1) is 17.8. The van der Waals surface area contributed by atoms with Crippen molar-refractivity contribution in [2.24, 2.45) is 7.05 Å². The smallest absolute Gasteiger partial charge is 0.362 e. The lowest BCUT2D eigenvalue weighted by Gasteiger charge is -2.08. The zero-order chi connectivity index (χ0) is 17.9. The lowest BCUT2D eigenvalue weighted by Crippen LogP contribution is -2.27. The molecule has 0 spiro atoms. The molecule has 6 nitrogen and oxygen atoms in total. The van der Waals surface area contributed by atoms with E-state index in [9.17, 15) is 22.8 Å². The summed E-state index contributed by atoms with van der Waals surface area (Å²) in [6.07, 6.45) is -4.51. The fourth-order valence-corrected chi connectivity index (χ4v) is 2.15. The van der Waals surface area contributed by atoms with Gasteiger partial charge in [-0.1, -0.05) is 18.2 Å². The number of nitrogens with zero attached hydrogens (tertiary/aromatic N) is 2. The molecule has 1 aromatic heterocycles. The minimum Gasteiger partial charge on any atom is -0.362 e. The minimum atomic E-state index is -4.51. The molecule has 2 rings (SSSR count). The van der Waals surface area contributed by atoms with Crippen molar-refractivity contribution >= 4 is 11.6 Å². The molecule has 1 N–H and O–H groups in total. The number of ether oxygens (including phenoxy) is 1. The number of para-hydroxylation sites is 1. The highest BCUT2D eigenvalue weighted by Gasteiger charge is 2.28. The van der Waals surface area contributed by atoms with Gasteiger partial charge in [-0.25, -0.2) is 4.68 Å². The molecule has 24 heavy (non-hydrogen) atoms. The SMILES string of the molecule is Cc1c(NC(=O)COCC(F)(F)F)c(=O)n(-c2ccccc2)n1C. The van der Waals surface area contributed by atoms with Crippen LogP contribution in [0, 0.1) is 6.92 Å².